The maximum atomic E-state index is 13.4. The highest BCUT2D eigenvalue weighted by Gasteiger charge is 2.17. The van der Waals surface area contributed by atoms with Gasteiger partial charge in [0.15, 0.2) is 0 Å². The van der Waals surface area contributed by atoms with Crippen LogP contribution >= 0.6 is 15.9 Å². The van der Waals surface area contributed by atoms with Gasteiger partial charge in [-0.2, -0.15) is 0 Å². The SMILES string of the molecule is CC(C)(C)Cn1nnc2c(Br)c(-c3cncc(F)c3)ccc21. The summed E-state index contributed by atoms with van der Waals surface area (Å²) in [6, 6.07) is 5.36. The Balaban J connectivity index is 2.11. The van der Waals surface area contributed by atoms with Crippen LogP contribution in [0.5, 0.6) is 0 Å². The molecule has 0 N–H and O–H groups in total. The summed E-state index contributed by atoms with van der Waals surface area (Å²) in [6.45, 7) is 7.24. The summed E-state index contributed by atoms with van der Waals surface area (Å²) >= 11 is 3.57. The van der Waals surface area contributed by atoms with Crippen LogP contribution in [0.15, 0.2) is 35.1 Å². The van der Waals surface area contributed by atoms with Crippen molar-refractivity contribution in [3.63, 3.8) is 0 Å². The number of benzene rings is 1. The third-order valence-corrected chi connectivity index (χ3v) is 4.07. The first-order chi connectivity index (χ1) is 10.3. The van der Waals surface area contributed by atoms with Gasteiger partial charge in [-0.15, -0.1) is 5.10 Å². The van der Waals surface area contributed by atoms with Crippen molar-refractivity contribution in [1.29, 1.82) is 0 Å². The highest BCUT2D eigenvalue weighted by atomic mass is 79.9. The molecule has 0 fully saturated rings. The van der Waals surface area contributed by atoms with Gasteiger partial charge in [0.25, 0.3) is 0 Å². The zero-order chi connectivity index (χ0) is 15.9. The summed E-state index contributed by atoms with van der Waals surface area (Å²) in [6.07, 6.45) is 2.82. The van der Waals surface area contributed by atoms with E-state index >= 15 is 0 Å². The smallest absolute Gasteiger partial charge is 0.142 e. The Hall–Kier alpha value is -1.82. The fourth-order valence-electron chi connectivity index (χ4n) is 2.35. The molecule has 2 aromatic heterocycles. The standard InChI is InChI=1S/C16H16BrFN4/c1-16(2,3)9-22-13-5-4-12(14(17)15(13)20-21-22)10-6-11(18)8-19-7-10/h4-8H,9H2,1-3H3. The molecule has 0 bridgehead atoms. The Morgan fingerprint density at radius 2 is 2.00 bits per heavy atom. The molecule has 0 aliphatic heterocycles. The highest BCUT2D eigenvalue weighted by Crippen LogP contribution is 2.34. The van der Waals surface area contributed by atoms with Gasteiger partial charge in [0.1, 0.15) is 11.3 Å². The molecule has 6 heteroatoms. The number of pyridine rings is 1. The number of halogens is 2. The molecule has 0 saturated carbocycles. The van der Waals surface area contributed by atoms with Gasteiger partial charge in [0, 0.05) is 18.3 Å². The van der Waals surface area contributed by atoms with E-state index in [0.717, 1.165) is 27.6 Å². The normalized spacial score (nSPS) is 12.0. The lowest BCUT2D eigenvalue weighted by atomic mass is 9.97. The molecule has 0 aliphatic rings. The lowest BCUT2D eigenvalue weighted by molar-refractivity contribution is 0.327. The van der Waals surface area contributed by atoms with Crippen molar-refractivity contribution in [1.82, 2.24) is 20.0 Å². The van der Waals surface area contributed by atoms with Gasteiger partial charge >= 0.3 is 0 Å². The number of fused-ring (bicyclic) bond motifs is 1. The van der Waals surface area contributed by atoms with Crippen LogP contribution < -0.4 is 0 Å². The third-order valence-electron chi connectivity index (χ3n) is 3.27. The second kappa shape index (κ2) is 5.43. The average Bonchev–Trinajstić information content (AvgIpc) is 2.81. The molecule has 0 aliphatic carbocycles. The van der Waals surface area contributed by atoms with Crippen LogP contribution in [0, 0.1) is 11.2 Å². The summed E-state index contributed by atoms with van der Waals surface area (Å²) in [5.41, 5.74) is 3.39. The number of hydrogen-bond donors (Lipinski definition) is 0. The molecule has 3 aromatic rings. The van der Waals surface area contributed by atoms with Gasteiger partial charge in [-0.05, 0) is 39.0 Å². The van der Waals surface area contributed by atoms with E-state index < -0.39 is 0 Å². The van der Waals surface area contributed by atoms with Gasteiger partial charge < -0.3 is 0 Å². The lowest BCUT2D eigenvalue weighted by Crippen LogP contribution is -2.16. The zero-order valence-electron chi connectivity index (χ0n) is 12.6. The van der Waals surface area contributed by atoms with E-state index in [1.807, 2.05) is 16.8 Å². The van der Waals surface area contributed by atoms with E-state index in [4.69, 9.17) is 0 Å². The van der Waals surface area contributed by atoms with Crippen LogP contribution in [0.4, 0.5) is 4.39 Å². The van der Waals surface area contributed by atoms with E-state index in [-0.39, 0.29) is 11.2 Å². The Morgan fingerprint density at radius 1 is 1.23 bits per heavy atom. The van der Waals surface area contributed by atoms with Crippen LogP contribution in [0.3, 0.4) is 0 Å². The summed E-state index contributed by atoms with van der Waals surface area (Å²) in [4.78, 5) is 3.90. The van der Waals surface area contributed by atoms with Crippen molar-refractivity contribution < 1.29 is 4.39 Å². The largest absolute Gasteiger partial charge is 0.261 e. The predicted molar refractivity (Wildman–Crippen MR) is 87.9 cm³/mol. The van der Waals surface area contributed by atoms with Crippen molar-refractivity contribution >= 4 is 27.0 Å². The summed E-state index contributed by atoms with van der Waals surface area (Å²) in [5, 5.41) is 8.50. The van der Waals surface area contributed by atoms with E-state index in [0.29, 0.717) is 5.56 Å². The van der Waals surface area contributed by atoms with Crippen molar-refractivity contribution in [2.45, 2.75) is 27.3 Å². The van der Waals surface area contributed by atoms with Crippen LogP contribution in [0.1, 0.15) is 20.8 Å². The first-order valence-corrected chi connectivity index (χ1v) is 7.77. The molecule has 0 spiro atoms. The van der Waals surface area contributed by atoms with E-state index in [1.165, 1.54) is 12.3 Å². The fraction of sp³-hybridized carbons (Fsp3) is 0.312. The van der Waals surface area contributed by atoms with Crippen molar-refractivity contribution in [2.24, 2.45) is 5.41 Å². The monoisotopic (exact) mass is 362 g/mol. The maximum Gasteiger partial charge on any atom is 0.142 e. The molecule has 0 unspecified atom stereocenters. The molecule has 114 valence electrons. The average molecular weight is 363 g/mol. The molecule has 2 heterocycles. The topological polar surface area (TPSA) is 43.6 Å². The minimum atomic E-state index is -0.360. The second-order valence-electron chi connectivity index (χ2n) is 6.49. The van der Waals surface area contributed by atoms with Crippen LogP contribution in [-0.4, -0.2) is 20.0 Å². The molecule has 22 heavy (non-hydrogen) atoms. The Labute approximate surface area is 136 Å². The molecule has 0 saturated heterocycles. The van der Waals surface area contributed by atoms with Gasteiger partial charge in [-0.3, -0.25) is 4.98 Å². The molecule has 0 amide bonds. The molecular formula is C16H16BrFN4. The summed E-state index contributed by atoms with van der Waals surface area (Å²) in [7, 11) is 0. The maximum absolute atomic E-state index is 13.4. The van der Waals surface area contributed by atoms with Crippen LogP contribution in [0.2, 0.25) is 0 Å². The van der Waals surface area contributed by atoms with Crippen molar-refractivity contribution in [3.05, 3.63) is 40.9 Å². The van der Waals surface area contributed by atoms with E-state index in [1.54, 1.807) is 6.20 Å². The first kappa shape index (κ1) is 15.1. The molecule has 0 atom stereocenters. The third kappa shape index (κ3) is 2.88. The minimum absolute atomic E-state index is 0.109. The highest BCUT2D eigenvalue weighted by molar-refractivity contribution is 9.10. The number of rotatable bonds is 2. The summed E-state index contributed by atoms with van der Waals surface area (Å²) in [5.74, 6) is -0.360. The van der Waals surface area contributed by atoms with E-state index in [2.05, 4.69) is 52.0 Å². The predicted octanol–water partition coefficient (Wildman–Crippen LogP) is 4.44. The van der Waals surface area contributed by atoms with Crippen molar-refractivity contribution in [3.8, 4) is 11.1 Å². The molecule has 4 nitrogen and oxygen atoms in total. The second-order valence-corrected chi connectivity index (χ2v) is 7.29. The minimum Gasteiger partial charge on any atom is -0.261 e. The van der Waals surface area contributed by atoms with Gasteiger partial charge in [0.2, 0.25) is 0 Å². The molecule has 3 rings (SSSR count). The van der Waals surface area contributed by atoms with Gasteiger partial charge in [-0.25, -0.2) is 9.07 Å². The van der Waals surface area contributed by atoms with Gasteiger partial charge in [-0.1, -0.05) is 32.1 Å². The lowest BCUT2D eigenvalue weighted by Gasteiger charge is -2.18. The number of aromatic nitrogens is 4. The van der Waals surface area contributed by atoms with Gasteiger partial charge in [0.05, 0.1) is 16.2 Å². The Morgan fingerprint density at radius 3 is 2.68 bits per heavy atom. The molecule has 1 aromatic carbocycles. The first-order valence-electron chi connectivity index (χ1n) is 6.98. The zero-order valence-corrected chi connectivity index (χ0v) is 14.2. The molecular weight excluding hydrogens is 347 g/mol. The van der Waals surface area contributed by atoms with Crippen LogP contribution in [-0.2, 0) is 6.54 Å². The number of nitrogens with zero attached hydrogens (tertiary/aromatic N) is 4. The molecule has 0 radical (unpaired) electrons. The van der Waals surface area contributed by atoms with Crippen molar-refractivity contribution in [2.75, 3.05) is 0 Å². The van der Waals surface area contributed by atoms with Crippen LogP contribution in [0.25, 0.3) is 22.2 Å². The quantitative estimate of drug-likeness (QED) is 0.676. The number of hydrogen-bond acceptors (Lipinski definition) is 3. The Kier molecular flexibility index (Phi) is 3.72. The fourth-order valence-corrected chi connectivity index (χ4v) is 3.00. The summed E-state index contributed by atoms with van der Waals surface area (Å²) < 4.78 is 16.1. The van der Waals surface area contributed by atoms with E-state index in [9.17, 15) is 4.39 Å². The Bertz CT molecular complexity index is 836.